The van der Waals surface area contributed by atoms with Crippen LogP contribution in [-0.4, -0.2) is 21.9 Å². The van der Waals surface area contributed by atoms with Crippen molar-refractivity contribution in [3.05, 3.63) is 0 Å². The molecule has 7 heavy (non-hydrogen) atoms. The molecule has 0 saturated heterocycles. The summed E-state index contributed by atoms with van der Waals surface area (Å²) in [4.78, 5) is 0. The van der Waals surface area contributed by atoms with Crippen molar-refractivity contribution in [1.29, 1.82) is 0 Å². The van der Waals surface area contributed by atoms with Gasteiger partial charge in [0, 0.05) is 17.1 Å². The Bertz CT molecular complexity index is 9.65. The molecule has 0 aromatic carbocycles. The zero-order chi connectivity index (χ0) is 0. The molecule has 0 atom stereocenters. The quantitative estimate of drug-likeness (QED) is 0.342. The van der Waals surface area contributed by atoms with E-state index >= 15 is 0 Å². The van der Waals surface area contributed by atoms with E-state index in [-0.39, 0.29) is 63.8 Å². The van der Waals surface area contributed by atoms with Crippen LogP contribution < -0.4 is 24.8 Å². The van der Waals surface area contributed by atoms with Gasteiger partial charge < -0.3 is 46.7 Å². The van der Waals surface area contributed by atoms with E-state index < -0.39 is 0 Å². The van der Waals surface area contributed by atoms with Gasteiger partial charge in [-0.1, -0.05) is 0 Å². The van der Waals surface area contributed by atoms with E-state index in [0.29, 0.717) is 0 Å². The van der Waals surface area contributed by atoms with Crippen LogP contribution in [0.25, 0.3) is 0 Å². The molecule has 0 saturated carbocycles. The van der Waals surface area contributed by atoms with Crippen LogP contribution in [0.3, 0.4) is 0 Å². The smallest absolute Gasteiger partial charge is 0 e. The van der Waals surface area contributed by atoms with E-state index in [1.807, 2.05) is 0 Å². The maximum Gasteiger partial charge on any atom is 0 e. The minimum atomic E-state index is 0. The molecular formula is H8Cl2MnO4-2. The maximum absolute atomic E-state index is 0. The third kappa shape index (κ3) is 192. The fourth-order valence-electron chi connectivity index (χ4n) is 0. The summed E-state index contributed by atoms with van der Waals surface area (Å²) in [7, 11) is 0. The molecular weight excluding hydrogens is 190 g/mol. The van der Waals surface area contributed by atoms with Gasteiger partial charge in [-0.25, -0.2) is 0 Å². The summed E-state index contributed by atoms with van der Waals surface area (Å²) in [5, 5.41) is 0. The first kappa shape index (κ1) is 433. The van der Waals surface area contributed by atoms with Crippen molar-refractivity contribution in [2.45, 2.75) is 0 Å². The molecule has 0 aliphatic carbocycles. The third-order valence-corrected chi connectivity index (χ3v) is 0. The van der Waals surface area contributed by atoms with Gasteiger partial charge in [-0.15, -0.1) is 0 Å². The van der Waals surface area contributed by atoms with Gasteiger partial charge in [0.15, 0.2) is 0 Å². The minimum absolute atomic E-state index is 0. The Balaban J connectivity index is 0. The third-order valence-electron chi connectivity index (χ3n) is 0. The Labute approximate surface area is 64.2 Å². The van der Waals surface area contributed by atoms with Gasteiger partial charge in [0.2, 0.25) is 0 Å². The molecule has 0 spiro atoms. The molecule has 0 aromatic heterocycles. The van der Waals surface area contributed by atoms with Crippen molar-refractivity contribution >= 4 is 0 Å². The zero-order valence-electron chi connectivity index (χ0n) is 3.13. The molecule has 0 heterocycles. The van der Waals surface area contributed by atoms with E-state index in [1.54, 1.807) is 0 Å². The first-order chi connectivity index (χ1) is 0. The molecule has 0 unspecified atom stereocenters. The molecule has 0 aliphatic rings. The van der Waals surface area contributed by atoms with Gasteiger partial charge in [-0.2, -0.15) is 0 Å². The predicted octanol–water partition coefficient (Wildman–Crippen LogP) is -9.29. The number of hydrogen-bond acceptors (Lipinski definition) is 0. The van der Waals surface area contributed by atoms with Gasteiger partial charge in [0.1, 0.15) is 0 Å². The van der Waals surface area contributed by atoms with E-state index in [4.69, 9.17) is 0 Å². The van der Waals surface area contributed by atoms with Gasteiger partial charge in [0.25, 0.3) is 0 Å². The van der Waals surface area contributed by atoms with Crippen LogP contribution in [0.5, 0.6) is 0 Å². The van der Waals surface area contributed by atoms with E-state index in [9.17, 15) is 0 Å². The maximum atomic E-state index is 0. The molecule has 0 rings (SSSR count). The Hall–Kier alpha value is 0.939. The molecule has 1 radical (unpaired) electrons. The summed E-state index contributed by atoms with van der Waals surface area (Å²) in [6.07, 6.45) is 0. The Kier molecular flexibility index (Phi) is 17200. The predicted molar refractivity (Wildman–Crippen MR) is 14.5 cm³/mol. The van der Waals surface area contributed by atoms with Crippen LogP contribution in [0.2, 0.25) is 0 Å². The zero-order valence-corrected chi connectivity index (χ0v) is 5.83. The fourth-order valence-corrected chi connectivity index (χ4v) is 0. The SMILES string of the molecule is O.O.O.O.[Cl-].[Cl-].[Mn]. The van der Waals surface area contributed by atoms with Crippen molar-refractivity contribution < 1.29 is 63.8 Å². The van der Waals surface area contributed by atoms with Gasteiger partial charge in [0.05, 0.1) is 0 Å². The average molecular weight is 198 g/mol. The molecule has 8 N–H and O–H groups in total. The Morgan fingerprint density at radius 2 is 0.429 bits per heavy atom. The number of halogens is 2. The first-order valence-corrected chi connectivity index (χ1v) is 0. The van der Waals surface area contributed by atoms with Crippen LogP contribution in [0.15, 0.2) is 0 Å². The second-order valence-electron chi connectivity index (χ2n) is 0. The number of hydrogen-bond donors (Lipinski definition) is 0. The van der Waals surface area contributed by atoms with Gasteiger partial charge in [-0.3, -0.25) is 0 Å². The number of rotatable bonds is 0. The second kappa shape index (κ2) is 277. The topological polar surface area (TPSA) is 126 Å². The summed E-state index contributed by atoms with van der Waals surface area (Å²) in [6.45, 7) is 0. The average Bonchev–Trinajstić information content (AvgIpc) is 0. The van der Waals surface area contributed by atoms with Crippen LogP contribution in [0.4, 0.5) is 0 Å². The monoisotopic (exact) mass is 197 g/mol. The van der Waals surface area contributed by atoms with Gasteiger partial charge >= 0.3 is 0 Å². The van der Waals surface area contributed by atoms with Crippen LogP contribution in [0, 0.1) is 0 Å². The standard InChI is InChI=1S/2ClH.Mn.4H2O/h2*1H;;4*1H2/p-2. The second-order valence-corrected chi connectivity index (χ2v) is 0. The van der Waals surface area contributed by atoms with E-state index in [2.05, 4.69) is 0 Å². The van der Waals surface area contributed by atoms with E-state index in [1.165, 1.54) is 0 Å². The van der Waals surface area contributed by atoms with E-state index in [0.717, 1.165) is 0 Å². The van der Waals surface area contributed by atoms with Crippen LogP contribution >= 0.6 is 0 Å². The largest absolute Gasteiger partial charge is 1.00 e. The molecule has 0 bridgehead atoms. The van der Waals surface area contributed by atoms with Crippen LogP contribution in [-0.2, 0) is 17.1 Å². The molecule has 7 heteroatoms. The van der Waals surface area contributed by atoms with Crippen molar-refractivity contribution in [3.63, 3.8) is 0 Å². The Morgan fingerprint density at radius 3 is 0.429 bits per heavy atom. The summed E-state index contributed by atoms with van der Waals surface area (Å²) in [6, 6.07) is 0. The van der Waals surface area contributed by atoms with Crippen molar-refractivity contribution in [2.75, 3.05) is 0 Å². The summed E-state index contributed by atoms with van der Waals surface area (Å²) < 4.78 is 0. The van der Waals surface area contributed by atoms with Crippen molar-refractivity contribution in [2.24, 2.45) is 0 Å². The summed E-state index contributed by atoms with van der Waals surface area (Å²) >= 11 is 0. The Morgan fingerprint density at radius 1 is 0.429 bits per heavy atom. The molecule has 4 nitrogen and oxygen atoms in total. The van der Waals surface area contributed by atoms with Crippen molar-refractivity contribution in [1.82, 2.24) is 0 Å². The molecule has 0 aliphatic heterocycles. The normalized spacial score (nSPS) is 0. The van der Waals surface area contributed by atoms with Crippen LogP contribution in [0.1, 0.15) is 0 Å². The minimum Gasteiger partial charge on any atom is -1.00 e. The van der Waals surface area contributed by atoms with Crippen molar-refractivity contribution in [3.8, 4) is 0 Å². The molecule has 55 valence electrons. The van der Waals surface area contributed by atoms with Gasteiger partial charge in [-0.05, 0) is 0 Å². The molecule has 0 fully saturated rings. The summed E-state index contributed by atoms with van der Waals surface area (Å²) in [5.74, 6) is 0. The molecule has 0 aromatic rings. The fraction of sp³-hybridized carbons (Fsp3) is 0. The summed E-state index contributed by atoms with van der Waals surface area (Å²) in [5.41, 5.74) is 0. The first-order valence-electron chi connectivity index (χ1n) is 0. The molecule has 0 amide bonds.